The first-order chi connectivity index (χ1) is 14.7. The lowest BCUT2D eigenvalue weighted by Crippen LogP contribution is -2.52. The van der Waals surface area contributed by atoms with Crippen molar-refractivity contribution in [3.63, 3.8) is 0 Å². The van der Waals surface area contributed by atoms with Crippen LogP contribution in [0.3, 0.4) is 0 Å². The molecule has 6 heteroatoms. The summed E-state index contributed by atoms with van der Waals surface area (Å²) >= 11 is 5.82. The lowest BCUT2D eigenvalue weighted by molar-refractivity contribution is -0.247. The molecule has 0 spiro atoms. The predicted molar refractivity (Wildman–Crippen MR) is 123 cm³/mol. The van der Waals surface area contributed by atoms with E-state index in [1.807, 2.05) is 36.4 Å². The first-order valence-corrected chi connectivity index (χ1v) is 10.4. The van der Waals surface area contributed by atoms with Crippen molar-refractivity contribution in [2.24, 2.45) is 0 Å². The standard InChI is InChI=1S/C25H25ClN2O3/c1-25(2,3)28(24(30)31)22-14-13-20(18-7-5-4-6-8-18)15-21(22)27-23(29)19-11-9-17(16-26)10-12-19/h4-15H,16H2,1-3H3,(H,27,29)(H,30,31)/p-1. The number of nitrogens with one attached hydrogen (secondary N) is 1. The van der Waals surface area contributed by atoms with Crippen LogP contribution in [0.5, 0.6) is 0 Å². The second-order valence-electron chi connectivity index (χ2n) is 8.15. The maximum Gasteiger partial charge on any atom is 0.255 e. The fraction of sp³-hybridized carbons (Fsp3) is 0.200. The summed E-state index contributed by atoms with van der Waals surface area (Å²) in [5.41, 5.74) is 3.11. The van der Waals surface area contributed by atoms with Crippen LogP contribution >= 0.6 is 11.6 Å². The third-order valence-electron chi connectivity index (χ3n) is 4.82. The minimum absolute atomic E-state index is 0.345. The van der Waals surface area contributed by atoms with E-state index >= 15 is 0 Å². The molecule has 0 atom stereocenters. The molecule has 0 fully saturated rings. The van der Waals surface area contributed by atoms with E-state index in [0.29, 0.717) is 22.8 Å². The third kappa shape index (κ3) is 5.25. The maximum atomic E-state index is 12.9. The number of alkyl halides is 1. The fourth-order valence-electron chi connectivity index (χ4n) is 3.31. The topological polar surface area (TPSA) is 72.5 Å². The van der Waals surface area contributed by atoms with E-state index in [-0.39, 0.29) is 5.91 Å². The number of anilines is 2. The van der Waals surface area contributed by atoms with Gasteiger partial charge in [-0.1, -0.05) is 48.5 Å². The van der Waals surface area contributed by atoms with Crippen molar-refractivity contribution in [2.45, 2.75) is 32.2 Å². The molecule has 0 aliphatic rings. The molecular weight excluding hydrogens is 412 g/mol. The maximum absolute atomic E-state index is 12.9. The zero-order valence-electron chi connectivity index (χ0n) is 17.7. The molecule has 3 aromatic carbocycles. The summed E-state index contributed by atoms with van der Waals surface area (Å²) in [6.45, 7) is 5.30. The minimum atomic E-state index is -1.35. The number of carbonyl (C=O) groups excluding carboxylic acids is 2. The molecule has 1 N–H and O–H groups in total. The predicted octanol–water partition coefficient (Wildman–Crippen LogP) is 5.29. The Morgan fingerprint density at radius 1 is 0.935 bits per heavy atom. The molecule has 3 aromatic rings. The first-order valence-electron chi connectivity index (χ1n) is 9.87. The van der Waals surface area contributed by atoms with Gasteiger partial charge in [-0.3, -0.25) is 4.79 Å². The highest BCUT2D eigenvalue weighted by molar-refractivity contribution is 6.17. The Morgan fingerprint density at radius 2 is 1.58 bits per heavy atom. The Kier molecular flexibility index (Phi) is 6.66. The molecule has 0 aliphatic carbocycles. The molecule has 160 valence electrons. The van der Waals surface area contributed by atoms with Gasteiger partial charge >= 0.3 is 0 Å². The number of rotatable bonds is 5. The minimum Gasteiger partial charge on any atom is -0.530 e. The summed E-state index contributed by atoms with van der Waals surface area (Å²) in [7, 11) is 0. The number of halogens is 1. The van der Waals surface area contributed by atoms with Crippen molar-refractivity contribution < 1.29 is 14.7 Å². The molecular formula is C25H24ClN2O3-. The SMILES string of the molecule is CC(C)(C)N(C(=O)[O-])c1ccc(-c2ccccc2)cc1NC(=O)c1ccc(CCl)cc1. The summed E-state index contributed by atoms with van der Waals surface area (Å²) in [5.74, 6) is 0.0110. The zero-order chi connectivity index (χ0) is 22.6. The normalized spacial score (nSPS) is 11.1. The van der Waals surface area contributed by atoms with Crippen molar-refractivity contribution in [2.75, 3.05) is 10.2 Å². The summed E-state index contributed by atoms with van der Waals surface area (Å²) in [6.07, 6.45) is -1.35. The molecule has 3 rings (SSSR count). The lowest BCUT2D eigenvalue weighted by atomic mass is 10.0. The molecule has 0 aliphatic heterocycles. The van der Waals surface area contributed by atoms with Crippen LogP contribution in [-0.2, 0) is 5.88 Å². The Hall–Kier alpha value is -3.31. The molecule has 0 saturated heterocycles. The third-order valence-corrected chi connectivity index (χ3v) is 5.13. The van der Waals surface area contributed by atoms with E-state index in [2.05, 4.69) is 5.32 Å². The van der Waals surface area contributed by atoms with Crippen LogP contribution in [0.1, 0.15) is 36.7 Å². The first kappa shape index (κ1) is 22.4. The van der Waals surface area contributed by atoms with Gasteiger partial charge in [-0.2, -0.15) is 0 Å². The van der Waals surface area contributed by atoms with E-state index in [4.69, 9.17) is 11.6 Å². The van der Waals surface area contributed by atoms with Gasteiger partial charge in [0.05, 0.1) is 11.4 Å². The fourth-order valence-corrected chi connectivity index (χ4v) is 3.49. The lowest BCUT2D eigenvalue weighted by Gasteiger charge is -2.39. The number of amides is 2. The van der Waals surface area contributed by atoms with Crippen LogP contribution < -0.4 is 15.3 Å². The zero-order valence-corrected chi connectivity index (χ0v) is 18.4. The highest BCUT2D eigenvalue weighted by Crippen LogP contribution is 2.35. The van der Waals surface area contributed by atoms with Crippen LogP contribution in [0.4, 0.5) is 16.2 Å². The average molecular weight is 436 g/mol. The van der Waals surface area contributed by atoms with Gasteiger partial charge in [-0.15, -0.1) is 11.6 Å². The molecule has 0 aromatic heterocycles. The molecule has 0 unspecified atom stereocenters. The number of hydrogen-bond acceptors (Lipinski definition) is 3. The van der Waals surface area contributed by atoms with Gasteiger partial charge in [0.25, 0.3) is 5.91 Å². The number of carboxylic acid groups (broad SMARTS) is 1. The number of benzene rings is 3. The van der Waals surface area contributed by atoms with Crippen LogP contribution in [0.15, 0.2) is 72.8 Å². The van der Waals surface area contributed by atoms with E-state index < -0.39 is 11.6 Å². The van der Waals surface area contributed by atoms with E-state index in [9.17, 15) is 14.7 Å². The van der Waals surface area contributed by atoms with E-state index in [1.54, 1.807) is 57.2 Å². The van der Waals surface area contributed by atoms with Crippen molar-refractivity contribution in [1.29, 1.82) is 0 Å². The number of hydrogen-bond donors (Lipinski definition) is 1. The van der Waals surface area contributed by atoms with Gasteiger partial charge < -0.3 is 20.1 Å². The highest BCUT2D eigenvalue weighted by Gasteiger charge is 2.26. The Balaban J connectivity index is 2.06. The van der Waals surface area contributed by atoms with Crippen molar-refractivity contribution in [1.82, 2.24) is 0 Å². The average Bonchev–Trinajstić information content (AvgIpc) is 2.74. The van der Waals surface area contributed by atoms with Gasteiger partial charge in [0, 0.05) is 17.0 Å². The van der Waals surface area contributed by atoms with Crippen molar-refractivity contribution >= 4 is 35.0 Å². The van der Waals surface area contributed by atoms with Gasteiger partial charge in [0.15, 0.2) is 0 Å². The Morgan fingerprint density at radius 3 is 2.13 bits per heavy atom. The van der Waals surface area contributed by atoms with Crippen LogP contribution in [0.2, 0.25) is 0 Å². The monoisotopic (exact) mass is 435 g/mol. The highest BCUT2D eigenvalue weighted by atomic mass is 35.5. The summed E-state index contributed by atoms with van der Waals surface area (Å²) in [6, 6.07) is 21.9. The molecule has 0 radical (unpaired) electrons. The van der Waals surface area contributed by atoms with Crippen molar-refractivity contribution in [3.8, 4) is 11.1 Å². The molecule has 31 heavy (non-hydrogen) atoms. The molecule has 5 nitrogen and oxygen atoms in total. The van der Waals surface area contributed by atoms with Crippen LogP contribution in [0, 0.1) is 0 Å². The largest absolute Gasteiger partial charge is 0.530 e. The molecule has 0 saturated carbocycles. The Labute approximate surface area is 187 Å². The summed E-state index contributed by atoms with van der Waals surface area (Å²) in [5, 5.41) is 14.8. The second-order valence-corrected chi connectivity index (χ2v) is 8.42. The van der Waals surface area contributed by atoms with E-state index in [0.717, 1.165) is 21.6 Å². The Bertz CT molecular complexity index is 1070. The van der Waals surface area contributed by atoms with E-state index in [1.165, 1.54) is 0 Å². The van der Waals surface area contributed by atoms with Gasteiger partial charge in [-0.05, 0) is 61.7 Å². The number of nitrogens with zero attached hydrogens (tertiary/aromatic N) is 1. The smallest absolute Gasteiger partial charge is 0.255 e. The van der Waals surface area contributed by atoms with Gasteiger partial charge in [-0.25, -0.2) is 0 Å². The van der Waals surface area contributed by atoms with Crippen LogP contribution in [0.25, 0.3) is 11.1 Å². The van der Waals surface area contributed by atoms with Crippen molar-refractivity contribution in [3.05, 3.63) is 83.9 Å². The molecule has 2 amide bonds. The molecule has 0 bridgehead atoms. The van der Waals surface area contributed by atoms with Crippen LogP contribution in [-0.4, -0.2) is 17.5 Å². The van der Waals surface area contributed by atoms with Gasteiger partial charge in [0.2, 0.25) is 0 Å². The van der Waals surface area contributed by atoms with Gasteiger partial charge in [0.1, 0.15) is 6.09 Å². The summed E-state index contributed by atoms with van der Waals surface area (Å²) in [4.78, 5) is 26.0. The number of carbonyl (C=O) groups is 2. The molecule has 0 heterocycles. The quantitative estimate of drug-likeness (QED) is 0.553. The summed E-state index contributed by atoms with van der Waals surface area (Å²) < 4.78 is 0. The second kappa shape index (κ2) is 9.23.